The summed E-state index contributed by atoms with van der Waals surface area (Å²) in [4.78, 5) is 0. The summed E-state index contributed by atoms with van der Waals surface area (Å²) in [7, 11) is 0. The first-order chi connectivity index (χ1) is 7.66. The average Bonchev–Trinajstić information content (AvgIpc) is 2.76. The van der Waals surface area contributed by atoms with Crippen LogP contribution in [0.15, 0.2) is 18.2 Å². The number of rotatable bonds is 3. The molecule has 0 aromatic heterocycles. The Morgan fingerprint density at radius 1 is 1.56 bits per heavy atom. The van der Waals surface area contributed by atoms with Crippen molar-refractivity contribution in [1.29, 1.82) is 0 Å². The van der Waals surface area contributed by atoms with E-state index in [0.29, 0.717) is 6.42 Å². The fourth-order valence-corrected chi connectivity index (χ4v) is 2.12. The molecular weight excluding hydrogens is 207 g/mol. The molecule has 2 atom stereocenters. The molecule has 1 aliphatic heterocycles. The molecule has 0 aliphatic carbocycles. The molecule has 1 aromatic carbocycles. The number of aliphatic hydroxyl groups excluding tert-OH is 1. The van der Waals surface area contributed by atoms with Crippen LogP contribution >= 0.6 is 0 Å². The Hall–Kier alpha value is -0.930. The maximum atomic E-state index is 13.1. The molecule has 1 fully saturated rings. The van der Waals surface area contributed by atoms with E-state index in [0.717, 1.165) is 30.6 Å². The lowest BCUT2D eigenvalue weighted by Gasteiger charge is -2.18. The molecular formula is C13H17FO2. The molecule has 2 rings (SSSR count). The number of aryl methyl sites for hydroxylation is 1. The molecule has 2 unspecified atom stereocenters. The third-order valence-corrected chi connectivity index (χ3v) is 3.13. The van der Waals surface area contributed by atoms with Gasteiger partial charge < -0.3 is 9.84 Å². The molecule has 3 heteroatoms. The van der Waals surface area contributed by atoms with Gasteiger partial charge in [0.15, 0.2) is 0 Å². The summed E-state index contributed by atoms with van der Waals surface area (Å²) in [6.45, 7) is 2.65. The van der Waals surface area contributed by atoms with E-state index >= 15 is 0 Å². The fraction of sp³-hybridized carbons (Fsp3) is 0.538. The van der Waals surface area contributed by atoms with E-state index in [2.05, 4.69) is 0 Å². The highest BCUT2D eigenvalue weighted by Gasteiger charge is 2.24. The van der Waals surface area contributed by atoms with E-state index in [-0.39, 0.29) is 11.9 Å². The van der Waals surface area contributed by atoms with Crippen LogP contribution in [-0.2, 0) is 11.2 Å². The van der Waals surface area contributed by atoms with Crippen molar-refractivity contribution >= 4 is 0 Å². The number of hydrogen-bond acceptors (Lipinski definition) is 2. The standard InChI is InChI=1S/C13H17FO2/c1-9-4-5-11(14)7-10(9)8-12(15)13-3-2-6-16-13/h4-5,7,12-13,15H,2-3,6,8H2,1H3. The maximum Gasteiger partial charge on any atom is 0.123 e. The second kappa shape index (κ2) is 4.93. The highest BCUT2D eigenvalue weighted by Crippen LogP contribution is 2.20. The van der Waals surface area contributed by atoms with Crippen molar-refractivity contribution in [2.75, 3.05) is 6.61 Å². The van der Waals surface area contributed by atoms with Crippen LogP contribution < -0.4 is 0 Å². The molecule has 1 heterocycles. The van der Waals surface area contributed by atoms with Crippen molar-refractivity contribution in [1.82, 2.24) is 0 Å². The third-order valence-electron chi connectivity index (χ3n) is 3.13. The molecule has 0 amide bonds. The van der Waals surface area contributed by atoms with E-state index in [1.165, 1.54) is 12.1 Å². The van der Waals surface area contributed by atoms with Gasteiger partial charge in [0, 0.05) is 13.0 Å². The number of halogens is 1. The summed E-state index contributed by atoms with van der Waals surface area (Å²) in [6, 6.07) is 4.68. The first-order valence-corrected chi connectivity index (χ1v) is 5.71. The Morgan fingerprint density at radius 2 is 2.38 bits per heavy atom. The topological polar surface area (TPSA) is 29.5 Å². The normalized spacial score (nSPS) is 22.3. The molecule has 1 aromatic rings. The van der Waals surface area contributed by atoms with Crippen LogP contribution in [0.25, 0.3) is 0 Å². The molecule has 0 saturated carbocycles. The monoisotopic (exact) mass is 224 g/mol. The van der Waals surface area contributed by atoms with Crippen LogP contribution in [0.5, 0.6) is 0 Å². The number of hydrogen-bond donors (Lipinski definition) is 1. The van der Waals surface area contributed by atoms with E-state index < -0.39 is 6.10 Å². The maximum absolute atomic E-state index is 13.1. The molecule has 0 bridgehead atoms. The summed E-state index contributed by atoms with van der Waals surface area (Å²) in [5, 5.41) is 9.97. The van der Waals surface area contributed by atoms with E-state index in [1.807, 2.05) is 6.92 Å². The largest absolute Gasteiger partial charge is 0.390 e. The number of ether oxygens (including phenoxy) is 1. The van der Waals surface area contributed by atoms with Gasteiger partial charge in [-0.15, -0.1) is 0 Å². The molecule has 1 N–H and O–H groups in total. The molecule has 16 heavy (non-hydrogen) atoms. The van der Waals surface area contributed by atoms with E-state index in [1.54, 1.807) is 6.07 Å². The highest BCUT2D eigenvalue weighted by molar-refractivity contribution is 5.27. The quantitative estimate of drug-likeness (QED) is 0.853. The molecule has 1 aliphatic rings. The summed E-state index contributed by atoms with van der Waals surface area (Å²) >= 11 is 0. The van der Waals surface area contributed by atoms with Gasteiger partial charge in [-0.1, -0.05) is 6.07 Å². The lowest BCUT2D eigenvalue weighted by atomic mass is 9.98. The highest BCUT2D eigenvalue weighted by atomic mass is 19.1. The summed E-state index contributed by atoms with van der Waals surface area (Å²) < 4.78 is 18.5. The molecule has 0 spiro atoms. The van der Waals surface area contributed by atoms with Crippen LogP contribution in [0.3, 0.4) is 0 Å². The molecule has 0 radical (unpaired) electrons. The van der Waals surface area contributed by atoms with E-state index in [4.69, 9.17) is 4.74 Å². The van der Waals surface area contributed by atoms with Gasteiger partial charge in [-0.3, -0.25) is 0 Å². The van der Waals surface area contributed by atoms with Crippen LogP contribution in [0.2, 0.25) is 0 Å². The zero-order valence-corrected chi connectivity index (χ0v) is 9.45. The minimum Gasteiger partial charge on any atom is -0.390 e. The lowest BCUT2D eigenvalue weighted by molar-refractivity contribution is -0.000861. The van der Waals surface area contributed by atoms with Crippen molar-refractivity contribution in [3.05, 3.63) is 35.1 Å². The Morgan fingerprint density at radius 3 is 3.06 bits per heavy atom. The minimum absolute atomic E-state index is 0.0809. The Balaban J connectivity index is 2.04. The van der Waals surface area contributed by atoms with Gasteiger partial charge in [0.25, 0.3) is 0 Å². The van der Waals surface area contributed by atoms with Gasteiger partial charge in [0.1, 0.15) is 5.82 Å². The molecule has 1 saturated heterocycles. The number of aliphatic hydroxyl groups is 1. The van der Waals surface area contributed by atoms with Gasteiger partial charge >= 0.3 is 0 Å². The van der Waals surface area contributed by atoms with Gasteiger partial charge in [-0.25, -0.2) is 4.39 Å². The smallest absolute Gasteiger partial charge is 0.123 e. The van der Waals surface area contributed by atoms with Crippen molar-refractivity contribution in [3.63, 3.8) is 0 Å². The Kier molecular flexibility index (Phi) is 3.56. The van der Waals surface area contributed by atoms with Crippen LogP contribution in [0.4, 0.5) is 4.39 Å². The average molecular weight is 224 g/mol. The second-order valence-electron chi connectivity index (χ2n) is 4.39. The first-order valence-electron chi connectivity index (χ1n) is 5.71. The van der Waals surface area contributed by atoms with Crippen molar-refractivity contribution in [2.45, 2.75) is 38.4 Å². The summed E-state index contributed by atoms with van der Waals surface area (Å²) in [5.74, 6) is -0.250. The fourth-order valence-electron chi connectivity index (χ4n) is 2.12. The Bertz CT molecular complexity index is 359. The SMILES string of the molecule is Cc1ccc(F)cc1CC(O)C1CCCO1. The van der Waals surface area contributed by atoms with Gasteiger partial charge in [0.2, 0.25) is 0 Å². The van der Waals surface area contributed by atoms with Crippen LogP contribution in [-0.4, -0.2) is 23.9 Å². The second-order valence-corrected chi connectivity index (χ2v) is 4.39. The first kappa shape index (κ1) is 11.6. The zero-order chi connectivity index (χ0) is 11.5. The van der Waals surface area contributed by atoms with E-state index in [9.17, 15) is 9.50 Å². The van der Waals surface area contributed by atoms with Crippen LogP contribution in [0.1, 0.15) is 24.0 Å². The van der Waals surface area contributed by atoms with Crippen molar-refractivity contribution < 1.29 is 14.2 Å². The molecule has 88 valence electrons. The van der Waals surface area contributed by atoms with Gasteiger partial charge in [-0.05, 0) is 43.0 Å². The summed E-state index contributed by atoms with van der Waals surface area (Å²) in [5.41, 5.74) is 1.88. The lowest BCUT2D eigenvalue weighted by Crippen LogP contribution is -2.27. The molecule has 2 nitrogen and oxygen atoms in total. The van der Waals surface area contributed by atoms with Gasteiger partial charge in [0.05, 0.1) is 12.2 Å². The minimum atomic E-state index is -0.525. The zero-order valence-electron chi connectivity index (χ0n) is 9.45. The van der Waals surface area contributed by atoms with Crippen LogP contribution in [0, 0.1) is 12.7 Å². The predicted molar refractivity (Wildman–Crippen MR) is 59.8 cm³/mol. The number of benzene rings is 1. The predicted octanol–water partition coefficient (Wildman–Crippen LogP) is 2.22. The van der Waals surface area contributed by atoms with Gasteiger partial charge in [-0.2, -0.15) is 0 Å². The third kappa shape index (κ3) is 2.60. The summed E-state index contributed by atoms with van der Waals surface area (Å²) in [6.07, 6.45) is 1.76. The Labute approximate surface area is 95.1 Å². The van der Waals surface area contributed by atoms with Crippen molar-refractivity contribution in [3.8, 4) is 0 Å². The van der Waals surface area contributed by atoms with Crippen molar-refractivity contribution in [2.24, 2.45) is 0 Å².